The molecule has 23 heavy (non-hydrogen) atoms. The summed E-state index contributed by atoms with van der Waals surface area (Å²) in [6.07, 6.45) is 0.999. The highest BCUT2D eigenvalue weighted by atomic mass is 16.5. The van der Waals surface area contributed by atoms with Gasteiger partial charge < -0.3 is 15.0 Å². The number of nitrogens with one attached hydrogen (secondary N) is 1. The van der Waals surface area contributed by atoms with E-state index in [0.29, 0.717) is 24.6 Å². The fourth-order valence-corrected chi connectivity index (χ4v) is 2.92. The van der Waals surface area contributed by atoms with E-state index in [2.05, 4.69) is 5.32 Å². The number of hydrogen-bond donors (Lipinski definition) is 1. The van der Waals surface area contributed by atoms with E-state index >= 15 is 0 Å². The Morgan fingerprint density at radius 3 is 2.52 bits per heavy atom. The van der Waals surface area contributed by atoms with Crippen molar-refractivity contribution in [2.45, 2.75) is 27.2 Å². The molecule has 1 aromatic rings. The van der Waals surface area contributed by atoms with E-state index in [-0.39, 0.29) is 18.4 Å². The molecule has 5 nitrogen and oxygen atoms in total. The smallest absolute Gasteiger partial charge is 0.251 e. The first-order valence-electron chi connectivity index (χ1n) is 8.21. The van der Waals surface area contributed by atoms with Crippen LogP contribution < -0.4 is 5.32 Å². The number of carbonyl (C=O) groups excluding carboxylic acids is 2. The molecule has 0 aliphatic carbocycles. The van der Waals surface area contributed by atoms with E-state index in [1.165, 1.54) is 0 Å². The maximum absolute atomic E-state index is 12.3. The summed E-state index contributed by atoms with van der Waals surface area (Å²) in [5.41, 5.74) is 2.68. The Morgan fingerprint density at radius 2 is 1.96 bits per heavy atom. The average molecular weight is 318 g/mol. The zero-order valence-corrected chi connectivity index (χ0v) is 14.2. The van der Waals surface area contributed by atoms with Crippen LogP contribution in [0.3, 0.4) is 0 Å². The van der Waals surface area contributed by atoms with Crippen molar-refractivity contribution >= 4 is 11.8 Å². The first-order chi connectivity index (χ1) is 11.0. The summed E-state index contributed by atoms with van der Waals surface area (Å²) < 4.78 is 5.35. The molecule has 5 heteroatoms. The number of ether oxygens (including phenoxy) is 1. The van der Waals surface area contributed by atoms with Crippen molar-refractivity contribution in [1.29, 1.82) is 0 Å². The topological polar surface area (TPSA) is 58.6 Å². The molecule has 1 aliphatic rings. The van der Waals surface area contributed by atoms with Gasteiger partial charge in [-0.3, -0.25) is 9.59 Å². The van der Waals surface area contributed by atoms with E-state index in [1.54, 1.807) is 4.90 Å². The van der Waals surface area contributed by atoms with Crippen molar-refractivity contribution < 1.29 is 14.3 Å². The van der Waals surface area contributed by atoms with Gasteiger partial charge in [-0.1, -0.05) is 17.2 Å². The van der Waals surface area contributed by atoms with Gasteiger partial charge in [0.25, 0.3) is 5.91 Å². The van der Waals surface area contributed by atoms with Gasteiger partial charge in [-0.25, -0.2) is 0 Å². The third kappa shape index (κ3) is 5.06. The Balaban J connectivity index is 1.87. The lowest BCUT2D eigenvalue weighted by Crippen LogP contribution is -2.42. The molecule has 0 aromatic heterocycles. The minimum atomic E-state index is -0.203. The molecule has 0 saturated carbocycles. The molecule has 2 amide bonds. The summed E-state index contributed by atoms with van der Waals surface area (Å²) in [5, 5.41) is 2.73. The lowest BCUT2D eigenvalue weighted by molar-refractivity contribution is -0.130. The number of likely N-dealkylation sites (N-methyl/N-ethyl adjacent to an activating group) is 1. The van der Waals surface area contributed by atoms with Crippen LogP contribution in [0.2, 0.25) is 0 Å². The SMILES string of the molecule is CCN(C[C@@H]1CCOC1)C(=O)CNC(=O)c1cc(C)cc(C)c1. The van der Waals surface area contributed by atoms with Crippen molar-refractivity contribution in [3.8, 4) is 0 Å². The fraction of sp³-hybridized carbons (Fsp3) is 0.556. The van der Waals surface area contributed by atoms with Gasteiger partial charge in [0.15, 0.2) is 0 Å². The molecule has 1 aliphatic heterocycles. The van der Waals surface area contributed by atoms with Crippen molar-refractivity contribution in [3.63, 3.8) is 0 Å². The number of benzene rings is 1. The van der Waals surface area contributed by atoms with Gasteiger partial charge >= 0.3 is 0 Å². The van der Waals surface area contributed by atoms with Gasteiger partial charge in [-0.05, 0) is 39.3 Å². The van der Waals surface area contributed by atoms with Gasteiger partial charge in [0.2, 0.25) is 5.91 Å². The average Bonchev–Trinajstić information content (AvgIpc) is 3.02. The standard InChI is InChI=1S/C18H26N2O3/c1-4-20(11-15-5-6-23-12-15)17(21)10-19-18(22)16-8-13(2)7-14(3)9-16/h7-9,15H,4-6,10-12H2,1-3H3,(H,19,22)/t15-/m0/s1. The molecule has 0 bridgehead atoms. The predicted molar refractivity (Wildman–Crippen MR) is 89.4 cm³/mol. The van der Waals surface area contributed by atoms with Crippen molar-refractivity contribution in [1.82, 2.24) is 10.2 Å². The fourth-order valence-electron chi connectivity index (χ4n) is 2.92. The molecule has 0 radical (unpaired) electrons. The lowest BCUT2D eigenvalue weighted by atomic mass is 10.1. The van der Waals surface area contributed by atoms with Crippen LogP contribution in [0.15, 0.2) is 18.2 Å². The van der Waals surface area contributed by atoms with Gasteiger partial charge in [-0.15, -0.1) is 0 Å². The minimum Gasteiger partial charge on any atom is -0.381 e. The van der Waals surface area contributed by atoms with Crippen LogP contribution in [0.25, 0.3) is 0 Å². The van der Waals surface area contributed by atoms with Crippen LogP contribution in [0.4, 0.5) is 0 Å². The highest BCUT2D eigenvalue weighted by Crippen LogP contribution is 2.14. The lowest BCUT2D eigenvalue weighted by Gasteiger charge is -2.24. The summed E-state index contributed by atoms with van der Waals surface area (Å²) >= 11 is 0. The Hall–Kier alpha value is -1.88. The zero-order valence-electron chi connectivity index (χ0n) is 14.2. The van der Waals surface area contributed by atoms with E-state index in [0.717, 1.165) is 30.8 Å². The molecule has 126 valence electrons. The van der Waals surface area contributed by atoms with Crippen molar-refractivity contribution in [2.75, 3.05) is 32.8 Å². The zero-order chi connectivity index (χ0) is 16.8. The number of hydrogen-bond acceptors (Lipinski definition) is 3. The van der Waals surface area contributed by atoms with Gasteiger partial charge in [0, 0.05) is 31.2 Å². The molecule has 1 fully saturated rings. The molecule has 0 unspecified atom stereocenters. The first-order valence-corrected chi connectivity index (χ1v) is 8.21. The largest absolute Gasteiger partial charge is 0.381 e. The molecular formula is C18H26N2O3. The maximum Gasteiger partial charge on any atom is 0.251 e. The van der Waals surface area contributed by atoms with E-state index in [1.807, 2.05) is 39.0 Å². The van der Waals surface area contributed by atoms with Crippen LogP contribution in [0.5, 0.6) is 0 Å². The van der Waals surface area contributed by atoms with Crippen LogP contribution in [-0.4, -0.2) is 49.6 Å². The number of amides is 2. The predicted octanol–water partition coefficient (Wildman–Crippen LogP) is 1.92. The van der Waals surface area contributed by atoms with Gasteiger partial charge in [-0.2, -0.15) is 0 Å². The summed E-state index contributed by atoms with van der Waals surface area (Å²) in [5.74, 6) is 0.163. The normalized spacial score (nSPS) is 17.1. The first kappa shape index (κ1) is 17.5. The van der Waals surface area contributed by atoms with Crippen LogP contribution in [0, 0.1) is 19.8 Å². The number of carbonyl (C=O) groups is 2. The summed E-state index contributed by atoms with van der Waals surface area (Å²) in [6, 6.07) is 5.69. The quantitative estimate of drug-likeness (QED) is 0.872. The minimum absolute atomic E-state index is 0.0350. The number of aryl methyl sites for hydroxylation is 2. The molecule has 1 atom stereocenters. The van der Waals surface area contributed by atoms with Crippen molar-refractivity contribution in [3.05, 3.63) is 34.9 Å². The molecule has 2 rings (SSSR count). The van der Waals surface area contributed by atoms with E-state index in [4.69, 9.17) is 4.74 Å². The van der Waals surface area contributed by atoms with Gasteiger partial charge in [0.1, 0.15) is 0 Å². The van der Waals surface area contributed by atoms with E-state index in [9.17, 15) is 9.59 Å². The Labute approximate surface area is 138 Å². The van der Waals surface area contributed by atoms with Crippen molar-refractivity contribution in [2.24, 2.45) is 5.92 Å². The highest BCUT2D eigenvalue weighted by Gasteiger charge is 2.21. The molecule has 0 spiro atoms. The molecule has 1 heterocycles. The Morgan fingerprint density at radius 1 is 1.26 bits per heavy atom. The van der Waals surface area contributed by atoms with Crippen LogP contribution >= 0.6 is 0 Å². The van der Waals surface area contributed by atoms with Crippen LogP contribution in [-0.2, 0) is 9.53 Å². The van der Waals surface area contributed by atoms with Gasteiger partial charge in [0.05, 0.1) is 13.2 Å². The van der Waals surface area contributed by atoms with Crippen LogP contribution in [0.1, 0.15) is 34.8 Å². The second-order valence-corrected chi connectivity index (χ2v) is 6.22. The molecule has 1 saturated heterocycles. The summed E-state index contributed by atoms with van der Waals surface area (Å²) in [7, 11) is 0. The third-order valence-corrected chi connectivity index (χ3v) is 4.12. The van der Waals surface area contributed by atoms with E-state index < -0.39 is 0 Å². The molecule has 1 N–H and O–H groups in total. The highest BCUT2D eigenvalue weighted by molar-refractivity contribution is 5.96. The Bertz CT molecular complexity index is 545. The molecular weight excluding hydrogens is 292 g/mol. The third-order valence-electron chi connectivity index (χ3n) is 4.12. The number of nitrogens with zero attached hydrogens (tertiary/aromatic N) is 1. The second-order valence-electron chi connectivity index (χ2n) is 6.22. The Kier molecular flexibility index (Phi) is 6.16. The second kappa shape index (κ2) is 8.11. The summed E-state index contributed by atoms with van der Waals surface area (Å²) in [6.45, 7) is 8.75. The maximum atomic E-state index is 12.3. The summed E-state index contributed by atoms with van der Waals surface area (Å²) in [4.78, 5) is 26.3. The molecule has 1 aromatic carbocycles. The monoisotopic (exact) mass is 318 g/mol. The number of rotatable bonds is 6.